The first-order chi connectivity index (χ1) is 10.8. The van der Waals surface area contributed by atoms with Gasteiger partial charge in [0.25, 0.3) is 0 Å². The number of alkyl halides is 3. The Bertz CT molecular complexity index is 691. The fourth-order valence-electron chi connectivity index (χ4n) is 1.98. The fraction of sp³-hybridized carbons (Fsp3) is 0.235. The molecule has 0 unspecified atom stereocenters. The largest absolute Gasteiger partial charge is 0.497 e. The third kappa shape index (κ3) is 4.25. The Morgan fingerprint density at radius 3 is 2.26 bits per heavy atom. The van der Waals surface area contributed by atoms with Crippen LogP contribution in [0.5, 0.6) is 11.5 Å². The molecule has 0 aromatic heterocycles. The molecule has 0 radical (unpaired) electrons. The fourth-order valence-corrected chi connectivity index (χ4v) is 1.98. The number of carbonyl (C=O) groups is 1. The lowest BCUT2D eigenvalue weighted by molar-refractivity contribution is -0.139. The predicted octanol–water partition coefficient (Wildman–Crippen LogP) is 4.50. The zero-order valence-electron chi connectivity index (χ0n) is 12.6. The molecular weight excluding hydrogens is 309 g/mol. The van der Waals surface area contributed by atoms with Crippen molar-refractivity contribution in [3.05, 3.63) is 59.2 Å². The van der Waals surface area contributed by atoms with Gasteiger partial charge in [-0.1, -0.05) is 12.1 Å². The van der Waals surface area contributed by atoms with Gasteiger partial charge in [-0.25, -0.2) is 0 Å². The monoisotopic (exact) mass is 324 g/mol. The lowest BCUT2D eigenvalue weighted by Crippen LogP contribution is -2.10. The maximum Gasteiger partial charge on any atom is 0.419 e. The van der Waals surface area contributed by atoms with Crippen LogP contribution >= 0.6 is 0 Å². The van der Waals surface area contributed by atoms with Gasteiger partial charge in [-0.2, -0.15) is 13.2 Å². The highest BCUT2D eigenvalue weighted by molar-refractivity contribution is 5.94. The molecule has 0 aliphatic rings. The summed E-state index contributed by atoms with van der Waals surface area (Å²) in [6.07, 6.45) is -4.60. The molecule has 0 fully saturated rings. The standard InChI is InChI=1S/C17H15F3O3/c1-11(21)13-5-8-16(15(9-13)17(18,19)20)23-10-12-3-6-14(22-2)7-4-12/h3-9H,10H2,1-2H3. The second-order valence-corrected chi connectivity index (χ2v) is 4.90. The molecule has 0 spiro atoms. The van der Waals surface area contributed by atoms with Crippen LogP contribution in [0.1, 0.15) is 28.4 Å². The Balaban J connectivity index is 2.22. The number of methoxy groups -OCH3 is 1. The Kier molecular flexibility index (Phi) is 4.93. The summed E-state index contributed by atoms with van der Waals surface area (Å²) >= 11 is 0. The van der Waals surface area contributed by atoms with Gasteiger partial charge >= 0.3 is 6.18 Å². The van der Waals surface area contributed by atoms with E-state index in [4.69, 9.17) is 9.47 Å². The summed E-state index contributed by atoms with van der Waals surface area (Å²) in [4.78, 5) is 11.3. The van der Waals surface area contributed by atoms with Crippen LogP contribution < -0.4 is 9.47 Å². The van der Waals surface area contributed by atoms with Gasteiger partial charge in [-0.05, 0) is 42.8 Å². The third-order valence-corrected chi connectivity index (χ3v) is 3.24. The molecule has 0 atom stereocenters. The number of rotatable bonds is 5. The molecule has 0 N–H and O–H groups in total. The van der Waals surface area contributed by atoms with Crippen molar-refractivity contribution in [3.8, 4) is 11.5 Å². The van der Waals surface area contributed by atoms with E-state index in [1.54, 1.807) is 24.3 Å². The number of Topliss-reactive ketones (excluding diaryl/α,β-unsaturated/α-hetero) is 1. The van der Waals surface area contributed by atoms with Crippen molar-refractivity contribution in [3.63, 3.8) is 0 Å². The second-order valence-electron chi connectivity index (χ2n) is 4.90. The first kappa shape index (κ1) is 16.9. The molecule has 2 aromatic rings. The maximum atomic E-state index is 13.1. The molecule has 0 bridgehead atoms. The van der Waals surface area contributed by atoms with Crippen molar-refractivity contribution >= 4 is 5.78 Å². The molecule has 0 aliphatic carbocycles. The summed E-state index contributed by atoms with van der Waals surface area (Å²) in [5, 5.41) is 0. The highest BCUT2D eigenvalue weighted by atomic mass is 19.4. The van der Waals surface area contributed by atoms with Gasteiger partial charge in [0.15, 0.2) is 5.78 Å². The first-order valence-electron chi connectivity index (χ1n) is 6.79. The minimum Gasteiger partial charge on any atom is -0.497 e. The summed E-state index contributed by atoms with van der Waals surface area (Å²) in [7, 11) is 1.53. The van der Waals surface area contributed by atoms with Gasteiger partial charge in [-0.3, -0.25) is 4.79 Å². The van der Waals surface area contributed by atoms with E-state index in [0.29, 0.717) is 11.3 Å². The van der Waals surface area contributed by atoms with Crippen LogP contribution in [-0.4, -0.2) is 12.9 Å². The molecular formula is C17H15F3O3. The van der Waals surface area contributed by atoms with Crippen LogP contribution in [-0.2, 0) is 12.8 Å². The topological polar surface area (TPSA) is 35.5 Å². The van der Waals surface area contributed by atoms with Gasteiger partial charge in [0.2, 0.25) is 0 Å². The summed E-state index contributed by atoms with van der Waals surface area (Å²) in [6, 6.07) is 10.1. The zero-order chi connectivity index (χ0) is 17.0. The quantitative estimate of drug-likeness (QED) is 0.760. The van der Waals surface area contributed by atoms with E-state index in [1.807, 2.05) is 0 Å². The van der Waals surface area contributed by atoms with E-state index in [0.717, 1.165) is 6.07 Å². The SMILES string of the molecule is COc1ccc(COc2ccc(C(C)=O)cc2C(F)(F)F)cc1. The third-order valence-electron chi connectivity index (χ3n) is 3.24. The summed E-state index contributed by atoms with van der Waals surface area (Å²) in [5.74, 6) is -0.0916. The van der Waals surface area contributed by atoms with Gasteiger partial charge in [0.1, 0.15) is 18.1 Å². The van der Waals surface area contributed by atoms with Gasteiger partial charge in [-0.15, -0.1) is 0 Å². The van der Waals surface area contributed by atoms with Crippen LogP contribution in [0.15, 0.2) is 42.5 Å². The molecule has 122 valence electrons. The lowest BCUT2D eigenvalue weighted by Gasteiger charge is -2.15. The molecule has 0 saturated carbocycles. The Morgan fingerprint density at radius 2 is 1.74 bits per heavy atom. The minimum atomic E-state index is -4.60. The van der Waals surface area contributed by atoms with Crippen molar-refractivity contribution in [2.24, 2.45) is 0 Å². The summed E-state index contributed by atoms with van der Waals surface area (Å²) < 4.78 is 49.6. The Morgan fingerprint density at radius 1 is 1.09 bits per heavy atom. The second kappa shape index (κ2) is 6.73. The molecule has 2 aromatic carbocycles. The smallest absolute Gasteiger partial charge is 0.419 e. The van der Waals surface area contributed by atoms with E-state index in [2.05, 4.69) is 0 Å². The number of ketones is 1. The van der Waals surface area contributed by atoms with Crippen LogP contribution in [0.3, 0.4) is 0 Å². The van der Waals surface area contributed by atoms with Crippen LogP contribution in [0.2, 0.25) is 0 Å². The van der Waals surface area contributed by atoms with Gasteiger partial charge in [0.05, 0.1) is 12.7 Å². The van der Waals surface area contributed by atoms with Crippen LogP contribution in [0.25, 0.3) is 0 Å². The van der Waals surface area contributed by atoms with E-state index in [1.165, 1.54) is 26.2 Å². The number of hydrogen-bond acceptors (Lipinski definition) is 3. The predicted molar refractivity (Wildman–Crippen MR) is 78.8 cm³/mol. The normalized spacial score (nSPS) is 11.2. The summed E-state index contributed by atoms with van der Waals surface area (Å²) in [6.45, 7) is 1.19. The van der Waals surface area contributed by atoms with Crippen LogP contribution in [0, 0.1) is 0 Å². The molecule has 6 heteroatoms. The van der Waals surface area contributed by atoms with Crippen molar-refractivity contribution in [2.75, 3.05) is 7.11 Å². The van der Waals surface area contributed by atoms with Crippen LogP contribution in [0.4, 0.5) is 13.2 Å². The molecule has 3 nitrogen and oxygen atoms in total. The highest BCUT2D eigenvalue weighted by Gasteiger charge is 2.35. The number of benzene rings is 2. The average molecular weight is 324 g/mol. The van der Waals surface area contributed by atoms with Gasteiger partial charge in [0, 0.05) is 5.56 Å². The maximum absolute atomic E-state index is 13.1. The van der Waals surface area contributed by atoms with Gasteiger partial charge < -0.3 is 9.47 Å². The Hall–Kier alpha value is -2.50. The summed E-state index contributed by atoms with van der Waals surface area (Å²) in [5.41, 5.74) is -0.262. The molecule has 0 aliphatic heterocycles. The molecule has 2 rings (SSSR count). The highest BCUT2D eigenvalue weighted by Crippen LogP contribution is 2.37. The molecule has 0 saturated heterocycles. The van der Waals surface area contributed by atoms with Crippen molar-refractivity contribution in [1.29, 1.82) is 0 Å². The Labute approximate surface area is 131 Å². The number of ether oxygens (including phenoxy) is 2. The van der Waals surface area contributed by atoms with E-state index < -0.39 is 17.5 Å². The molecule has 0 heterocycles. The van der Waals surface area contributed by atoms with E-state index in [-0.39, 0.29) is 17.9 Å². The average Bonchev–Trinajstić information content (AvgIpc) is 2.52. The van der Waals surface area contributed by atoms with E-state index in [9.17, 15) is 18.0 Å². The number of hydrogen-bond donors (Lipinski definition) is 0. The lowest BCUT2D eigenvalue weighted by atomic mass is 10.1. The van der Waals surface area contributed by atoms with Crippen molar-refractivity contribution in [1.82, 2.24) is 0 Å². The molecule has 23 heavy (non-hydrogen) atoms. The molecule has 0 amide bonds. The number of carbonyl (C=O) groups excluding carboxylic acids is 1. The first-order valence-corrected chi connectivity index (χ1v) is 6.79. The minimum absolute atomic E-state index is 0.00544. The van der Waals surface area contributed by atoms with E-state index >= 15 is 0 Å². The van der Waals surface area contributed by atoms with Crippen molar-refractivity contribution < 1.29 is 27.4 Å². The zero-order valence-corrected chi connectivity index (χ0v) is 12.6. The number of halogens is 3. The van der Waals surface area contributed by atoms with Crippen molar-refractivity contribution in [2.45, 2.75) is 19.7 Å².